The van der Waals surface area contributed by atoms with Crippen molar-refractivity contribution in [3.8, 4) is 5.75 Å². The van der Waals surface area contributed by atoms with Crippen LogP contribution in [0.25, 0.3) is 0 Å². The van der Waals surface area contributed by atoms with Crippen LogP contribution in [0.15, 0.2) is 42.5 Å². The quantitative estimate of drug-likeness (QED) is 0.605. The summed E-state index contributed by atoms with van der Waals surface area (Å²) in [6, 6.07) is 10.7. The Morgan fingerprint density at radius 2 is 1.81 bits per heavy atom. The zero-order valence-corrected chi connectivity index (χ0v) is 14.4. The van der Waals surface area contributed by atoms with E-state index in [-0.39, 0.29) is 16.7 Å². The van der Waals surface area contributed by atoms with Gasteiger partial charge in [0.2, 0.25) is 0 Å². The molecule has 0 aromatic heterocycles. The SMILES string of the molecule is CCCCCOc1cccc(N2C(=O)c3ccc(C(=O)O)cc3C2=O)c1. The number of carbonyl (C=O) groups is 3. The maximum Gasteiger partial charge on any atom is 0.335 e. The van der Waals surface area contributed by atoms with E-state index in [1.165, 1.54) is 18.2 Å². The van der Waals surface area contributed by atoms with Gasteiger partial charge in [0.1, 0.15) is 5.75 Å². The Morgan fingerprint density at radius 3 is 2.54 bits per heavy atom. The Kier molecular flexibility index (Phi) is 5.02. The van der Waals surface area contributed by atoms with Gasteiger partial charge in [0, 0.05) is 6.07 Å². The predicted molar refractivity (Wildman–Crippen MR) is 96.0 cm³/mol. The molecule has 0 spiro atoms. The number of aromatic carboxylic acids is 1. The van der Waals surface area contributed by atoms with Gasteiger partial charge < -0.3 is 9.84 Å². The lowest BCUT2D eigenvalue weighted by Gasteiger charge is -2.15. The number of nitrogens with zero attached hydrogens (tertiary/aromatic N) is 1. The molecule has 0 radical (unpaired) electrons. The normalized spacial score (nSPS) is 13.0. The average Bonchev–Trinajstić information content (AvgIpc) is 2.89. The molecule has 26 heavy (non-hydrogen) atoms. The molecule has 0 unspecified atom stereocenters. The molecule has 2 amide bonds. The summed E-state index contributed by atoms with van der Waals surface area (Å²) in [6.07, 6.45) is 3.10. The molecule has 6 nitrogen and oxygen atoms in total. The van der Waals surface area contributed by atoms with Gasteiger partial charge in [0.05, 0.1) is 29.0 Å². The van der Waals surface area contributed by atoms with E-state index in [1.54, 1.807) is 24.3 Å². The highest BCUT2D eigenvalue weighted by Gasteiger charge is 2.37. The van der Waals surface area contributed by atoms with Crippen molar-refractivity contribution in [1.29, 1.82) is 0 Å². The monoisotopic (exact) mass is 353 g/mol. The number of fused-ring (bicyclic) bond motifs is 1. The molecule has 6 heteroatoms. The van der Waals surface area contributed by atoms with E-state index in [0.717, 1.165) is 24.2 Å². The third-order valence-electron chi connectivity index (χ3n) is 4.23. The van der Waals surface area contributed by atoms with E-state index in [9.17, 15) is 14.4 Å². The second kappa shape index (κ2) is 7.39. The fourth-order valence-electron chi connectivity index (χ4n) is 2.86. The van der Waals surface area contributed by atoms with Crippen LogP contribution in [-0.4, -0.2) is 29.5 Å². The summed E-state index contributed by atoms with van der Waals surface area (Å²) in [5, 5.41) is 9.08. The predicted octanol–water partition coefficient (Wildman–Crippen LogP) is 3.75. The number of unbranched alkanes of at least 4 members (excludes halogenated alkanes) is 2. The van der Waals surface area contributed by atoms with Crippen molar-refractivity contribution in [2.45, 2.75) is 26.2 Å². The maximum atomic E-state index is 12.7. The number of rotatable bonds is 7. The van der Waals surface area contributed by atoms with E-state index >= 15 is 0 Å². The molecule has 0 aliphatic carbocycles. The van der Waals surface area contributed by atoms with Crippen molar-refractivity contribution in [3.05, 3.63) is 59.2 Å². The van der Waals surface area contributed by atoms with Gasteiger partial charge in [-0.15, -0.1) is 0 Å². The lowest BCUT2D eigenvalue weighted by atomic mass is 10.1. The standard InChI is InChI=1S/C20H19NO5/c1-2-3-4-10-26-15-7-5-6-14(12-15)21-18(22)16-9-8-13(20(24)25)11-17(16)19(21)23/h5-9,11-12H,2-4,10H2,1H3,(H,24,25). The van der Waals surface area contributed by atoms with Crippen molar-refractivity contribution in [1.82, 2.24) is 0 Å². The zero-order chi connectivity index (χ0) is 18.7. The molecule has 0 saturated carbocycles. The van der Waals surface area contributed by atoms with Crippen LogP contribution in [0, 0.1) is 0 Å². The number of ether oxygens (including phenoxy) is 1. The summed E-state index contributed by atoms with van der Waals surface area (Å²) in [5.41, 5.74) is 0.680. The number of carboxylic acids is 1. The minimum absolute atomic E-state index is 0.0280. The number of benzene rings is 2. The fraction of sp³-hybridized carbons (Fsp3) is 0.250. The first-order valence-electron chi connectivity index (χ1n) is 8.52. The summed E-state index contributed by atoms with van der Waals surface area (Å²) in [5.74, 6) is -1.56. The van der Waals surface area contributed by atoms with Crippen LogP contribution in [0.5, 0.6) is 5.75 Å². The van der Waals surface area contributed by atoms with E-state index in [0.29, 0.717) is 18.0 Å². The van der Waals surface area contributed by atoms with Gasteiger partial charge in [-0.25, -0.2) is 9.69 Å². The molecular weight excluding hydrogens is 334 g/mol. The number of amides is 2. The van der Waals surface area contributed by atoms with Crippen LogP contribution in [0.3, 0.4) is 0 Å². The van der Waals surface area contributed by atoms with Gasteiger partial charge in [-0.1, -0.05) is 25.8 Å². The summed E-state index contributed by atoms with van der Waals surface area (Å²) in [7, 11) is 0. The summed E-state index contributed by atoms with van der Waals surface area (Å²) in [4.78, 5) is 37.4. The fourth-order valence-corrected chi connectivity index (χ4v) is 2.86. The Balaban J connectivity index is 1.85. The van der Waals surface area contributed by atoms with Crippen LogP contribution in [-0.2, 0) is 0 Å². The smallest absolute Gasteiger partial charge is 0.335 e. The van der Waals surface area contributed by atoms with E-state index in [4.69, 9.17) is 9.84 Å². The van der Waals surface area contributed by atoms with Crippen LogP contribution in [0.4, 0.5) is 5.69 Å². The highest BCUT2D eigenvalue weighted by Crippen LogP contribution is 2.31. The number of hydrogen-bond donors (Lipinski definition) is 1. The van der Waals surface area contributed by atoms with Gasteiger partial charge in [-0.2, -0.15) is 0 Å². The molecule has 2 aromatic carbocycles. The zero-order valence-electron chi connectivity index (χ0n) is 14.4. The van der Waals surface area contributed by atoms with Gasteiger partial charge in [0.15, 0.2) is 0 Å². The largest absolute Gasteiger partial charge is 0.494 e. The number of anilines is 1. The first-order valence-corrected chi connectivity index (χ1v) is 8.52. The number of hydrogen-bond acceptors (Lipinski definition) is 4. The van der Waals surface area contributed by atoms with Crippen molar-refractivity contribution < 1.29 is 24.2 Å². The van der Waals surface area contributed by atoms with Gasteiger partial charge in [-0.05, 0) is 36.8 Å². The Labute approximate surface area is 151 Å². The highest BCUT2D eigenvalue weighted by molar-refractivity contribution is 6.34. The molecule has 0 bridgehead atoms. The lowest BCUT2D eigenvalue weighted by molar-refractivity contribution is 0.0696. The molecule has 1 N–H and O–H groups in total. The van der Waals surface area contributed by atoms with Crippen LogP contribution < -0.4 is 9.64 Å². The number of carboxylic acid groups (broad SMARTS) is 1. The first kappa shape index (κ1) is 17.7. The molecule has 1 heterocycles. The molecule has 0 saturated heterocycles. The van der Waals surface area contributed by atoms with Crippen molar-refractivity contribution in [2.75, 3.05) is 11.5 Å². The summed E-state index contributed by atoms with van der Waals surface area (Å²) < 4.78 is 5.68. The Hall–Kier alpha value is -3.15. The van der Waals surface area contributed by atoms with Gasteiger partial charge in [-0.3, -0.25) is 9.59 Å². The van der Waals surface area contributed by atoms with Crippen LogP contribution in [0.2, 0.25) is 0 Å². The van der Waals surface area contributed by atoms with Crippen LogP contribution >= 0.6 is 0 Å². The highest BCUT2D eigenvalue weighted by atomic mass is 16.5. The van der Waals surface area contributed by atoms with Crippen molar-refractivity contribution in [3.63, 3.8) is 0 Å². The second-order valence-electron chi connectivity index (χ2n) is 6.06. The Bertz CT molecular complexity index is 874. The topological polar surface area (TPSA) is 83.9 Å². The number of imide groups is 1. The molecule has 0 atom stereocenters. The average molecular weight is 353 g/mol. The molecular formula is C20H19NO5. The van der Waals surface area contributed by atoms with Gasteiger partial charge >= 0.3 is 5.97 Å². The Morgan fingerprint density at radius 1 is 1.04 bits per heavy atom. The molecule has 134 valence electrons. The minimum atomic E-state index is -1.14. The third-order valence-corrected chi connectivity index (χ3v) is 4.23. The summed E-state index contributed by atoms with van der Waals surface area (Å²) >= 11 is 0. The second-order valence-corrected chi connectivity index (χ2v) is 6.06. The van der Waals surface area contributed by atoms with E-state index < -0.39 is 17.8 Å². The molecule has 2 aromatic rings. The molecule has 1 aliphatic rings. The van der Waals surface area contributed by atoms with Gasteiger partial charge in [0.25, 0.3) is 11.8 Å². The third kappa shape index (κ3) is 3.31. The molecule has 1 aliphatic heterocycles. The van der Waals surface area contributed by atoms with Crippen LogP contribution in [0.1, 0.15) is 57.3 Å². The molecule has 0 fully saturated rings. The van der Waals surface area contributed by atoms with Crippen molar-refractivity contribution >= 4 is 23.5 Å². The lowest BCUT2D eigenvalue weighted by Crippen LogP contribution is -2.29. The van der Waals surface area contributed by atoms with Crippen molar-refractivity contribution in [2.24, 2.45) is 0 Å². The minimum Gasteiger partial charge on any atom is -0.494 e. The maximum absolute atomic E-state index is 12.7. The first-order chi connectivity index (χ1) is 12.5. The van der Waals surface area contributed by atoms with E-state index in [2.05, 4.69) is 6.92 Å². The van der Waals surface area contributed by atoms with E-state index in [1.807, 2.05) is 0 Å². The number of carbonyl (C=O) groups excluding carboxylic acids is 2. The molecule has 3 rings (SSSR count). The summed E-state index contributed by atoms with van der Waals surface area (Å²) in [6.45, 7) is 2.68.